The number of carbonyl (C=O) groups excluding carboxylic acids is 1. The number of aliphatic carboxylic acids is 1. The molecule has 5 fully saturated rings. The zero-order chi connectivity index (χ0) is 28.8. The van der Waals surface area contributed by atoms with Crippen molar-refractivity contribution in [2.75, 3.05) is 13.2 Å². The van der Waals surface area contributed by atoms with E-state index in [-0.39, 0.29) is 43.0 Å². The lowest BCUT2D eigenvalue weighted by Crippen LogP contribution is -2.64. The van der Waals surface area contributed by atoms with Gasteiger partial charge in [0.15, 0.2) is 12.1 Å². The number of terminal acetylenes is 1. The predicted molar refractivity (Wildman–Crippen MR) is 145 cm³/mol. The fraction of sp³-hybridized carbons (Fsp3) is 0.812. The first kappa shape index (κ1) is 28.4. The molecule has 0 aromatic heterocycles. The molecule has 0 aromatic carbocycles. The van der Waals surface area contributed by atoms with Crippen molar-refractivity contribution in [1.82, 2.24) is 0 Å². The Labute approximate surface area is 237 Å². The summed E-state index contributed by atoms with van der Waals surface area (Å²) in [5.41, 5.74) is -2.07. The van der Waals surface area contributed by atoms with Crippen LogP contribution in [0.1, 0.15) is 67.2 Å². The number of carbonyl (C=O) groups is 2. The maximum absolute atomic E-state index is 13.7. The molecule has 6 aliphatic rings. The zero-order valence-corrected chi connectivity index (χ0v) is 24.6. The summed E-state index contributed by atoms with van der Waals surface area (Å²) in [6.45, 7) is 12.2. The quantitative estimate of drug-likeness (QED) is 0.270. The van der Waals surface area contributed by atoms with Crippen molar-refractivity contribution in [2.24, 2.45) is 45.8 Å². The van der Waals surface area contributed by atoms with E-state index in [1.54, 1.807) is 0 Å². The topological polar surface area (TPSA) is 101 Å². The highest BCUT2D eigenvalue weighted by molar-refractivity contribution is 5.90. The van der Waals surface area contributed by atoms with Gasteiger partial charge in [-0.1, -0.05) is 44.8 Å². The number of allylic oxidation sites excluding steroid dienone is 1. The summed E-state index contributed by atoms with van der Waals surface area (Å²) < 4.78 is 31.5. The Balaban J connectivity index is 1.38. The molecular formula is C32H44O8. The van der Waals surface area contributed by atoms with Crippen LogP contribution < -0.4 is 0 Å². The minimum Gasteiger partial charge on any atom is -0.481 e. The van der Waals surface area contributed by atoms with Crippen LogP contribution >= 0.6 is 0 Å². The molecule has 8 heteroatoms. The lowest BCUT2D eigenvalue weighted by Gasteiger charge is -2.58. The summed E-state index contributed by atoms with van der Waals surface area (Å²) >= 11 is 0. The van der Waals surface area contributed by atoms with Crippen molar-refractivity contribution in [3.05, 3.63) is 11.6 Å². The molecule has 7 unspecified atom stereocenters. The molecule has 2 saturated heterocycles. The third-order valence-corrected chi connectivity index (χ3v) is 11.6. The molecule has 4 aliphatic carbocycles. The molecule has 1 N–H and O–H groups in total. The Kier molecular flexibility index (Phi) is 6.65. The summed E-state index contributed by atoms with van der Waals surface area (Å²) in [7, 11) is 0. The predicted octanol–water partition coefficient (Wildman–Crippen LogP) is 4.21. The van der Waals surface area contributed by atoms with Gasteiger partial charge in [-0.25, -0.2) is 0 Å². The van der Waals surface area contributed by atoms with Gasteiger partial charge >= 0.3 is 5.97 Å². The SMILES string of the molecule is C#CCO[C@H]1[C@@H]2OC(C)(C)O[C@@H]2[C@H](OCC23CC4C(C)CCC4C4(C=O)CC2C=C(C(C)C)C43C(=O)O)O[C@@H]1C. The summed E-state index contributed by atoms with van der Waals surface area (Å²) in [4.78, 5) is 27.0. The number of ether oxygens (including phenoxy) is 5. The first-order valence-electron chi connectivity index (χ1n) is 15.0. The van der Waals surface area contributed by atoms with Crippen molar-refractivity contribution < 1.29 is 38.4 Å². The van der Waals surface area contributed by atoms with Crippen molar-refractivity contribution in [2.45, 2.75) is 104 Å². The van der Waals surface area contributed by atoms with E-state index in [4.69, 9.17) is 30.1 Å². The van der Waals surface area contributed by atoms with Gasteiger partial charge in [-0.3, -0.25) is 4.79 Å². The largest absolute Gasteiger partial charge is 0.481 e. The van der Waals surface area contributed by atoms with E-state index in [0.717, 1.165) is 31.1 Å². The Hall–Kier alpha value is -1.76. The van der Waals surface area contributed by atoms with Gasteiger partial charge in [0.1, 0.15) is 36.6 Å². The normalized spacial score (nSPS) is 49.9. The van der Waals surface area contributed by atoms with E-state index in [1.807, 2.05) is 34.6 Å². The molecule has 40 heavy (non-hydrogen) atoms. The molecule has 0 amide bonds. The molecule has 0 spiro atoms. The zero-order valence-electron chi connectivity index (χ0n) is 24.6. The van der Waals surface area contributed by atoms with Crippen LogP contribution in [-0.2, 0) is 33.3 Å². The summed E-state index contributed by atoms with van der Waals surface area (Å²) in [6, 6.07) is 0. The van der Waals surface area contributed by atoms with Gasteiger partial charge in [-0.2, -0.15) is 0 Å². The Morgan fingerprint density at radius 1 is 1.20 bits per heavy atom. The fourth-order valence-corrected chi connectivity index (χ4v) is 10.3. The van der Waals surface area contributed by atoms with Crippen LogP contribution in [-0.4, -0.2) is 67.1 Å². The van der Waals surface area contributed by atoms with Crippen molar-refractivity contribution in [3.8, 4) is 12.3 Å². The molecule has 6 rings (SSSR count). The van der Waals surface area contributed by atoms with Gasteiger partial charge in [-0.15, -0.1) is 6.42 Å². The highest BCUT2D eigenvalue weighted by Crippen LogP contribution is 2.82. The maximum Gasteiger partial charge on any atom is 0.315 e. The van der Waals surface area contributed by atoms with Crippen LogP contribution in [0.2, 0.25) is 0 Å². The van der Waals surface area contributed by atoms with Crippen LogP contribution in [0.4, 0.5) is 0 Å². The van der Waals surface area contributed by atoms with Crippen molar-refractivity contribution >= 4 is 12.3 Å². The van der Waals surface area contributed by atoms with E-state index in [0.29, 0.717) is 12.3 Å². The smallest absolute Gasteiger partial charge is 0.315 e. The van der Waals surface area contributed by atoms with Gasteiger partial charge in [-0.05, 0) is 69.6 Å². The maximum atomic E-state index is 13.7. The van der Waals surface area contributed by atoms with Gasteiger partial charge in [0, 0.05) is 5.41 Å². The van der Waals surface area contributed by atoms with Crippen LogP contribution in [0, 0.1) is 58.2 Å². The van der Waals surface area contributed by atoms with Crippen molar-refractivity contribution in [3.63, 3.8) is 0 Å². The molecule has 0 aromatic rings. The molecule has 2 heterocycles. The number of hydrogen-bond donors (Lipinski definition) is 1. The number of carboxylic acids is 1. The first-order chi connectivity index (χ1) is 18.9. The van der Waals surface area contributed by atoms with E-state index in [2.05, 4.69) is 18.9 Å². The second kappa shape index (κ2) is 9.37. The summed E-state index contributed by atoms with van der Waals surface area (Å²) in [6.07, 6.45) is 9.29. The van der Waals surface area contributed by atoms with E-state index in [9.17, 15) is 14.7 Å². The van der Waals surface area contributed by atoms with Crippen molar-refractivity contribution in [1.29, 1.82) is 0 Å². The lowest BCUT2D eigenvalue weighted by atomic mass is 9.43. The molecule has 0 radical (unpaired) electrons. The van der Waals surface area contributed by atoms with Crippen LogP contribution in [0.3, 0.4) is 0 Å². The van der Waals surface area contributed by atoms with E-state index < -0.39 is 52.6 Å². The Bertz CT molecular complexity index is 1140. The Morgan fingerprint density at radius 2 is 1.93 bits per heavy atom. The number of carboxylic acid groups (broad SMARTS) is 1. The molecule has 2 aliphatic heterocycles. The average molecular weight is 557 g/mol. The number of rotatable bonds is 8. The minimum atomic E-state index is -1.30. The standard InChI is InChI=1S/C32H44O8/c1-8-11-36-24-19(5)38-27(26-25(24)39-29(6,7)40-26)37-16-31-14-21-18(4)9-10-22(21)30(15-33)13-20(31)12-23(17(2)3)32(30,31)28(34)35/h1,12,15,17-22,24-27H,9-11,13-14,16H2,2-7H3,(H,34,35)/t18?,19-,20?,21?,22?,24-,25+,26+,27-,30?,31?,32?/m1/s1. The second-order valence-corrected chi connectivity index (χ2v) is 14.1. The fourth-order valence-electron chi connectivity index (χ4n) is 10.3. The monoisotopic (exact) mass is 556 g/mol. The van der Waals surface area contributed by atoms with E-state index in [1.165, 1.54) is 0 Å². The van der Waals surface area contributed by atoms with Crippen LogP contribution in [0.25, 0.3) is 0 Å². The van der Waals surface area contributed by atoms with Gasteiger partial charge in [0.05, 0.1) is 18.1 Å². The molecule has 220 valence electrons. The lowest BCUT2D eigenvalue weighted by molar-refractivity contribution is -0.289. The highest BCUT2D eigenvalue weighted by atomic mass is 16.8. The summed E-state index contributed by atoms with van der Waals surface area (Å²) in [5.74, 6) is 1.51. The summed E-state index contributed by atoms with van der Waals surface area (Å²) in [5, 5.41) is 11.2. The molecule has 8 nitrogen and oxygen atoms in total. The number of fused-ring (bicyclic) bond motifs is 3. The third kappa shape index (κ3) is 3.45. The first-order valence-corrected chi connectivity index (χ1v) is 15.0. The van der Waals surface area contributed by atoms with Gasteiger partial charge in [0.25, 0.3) is 0 Å². The average Bonchev–Trinajstić information content (AvgIpc) is 3.56. The van der Waals surface area contributed by atoms with Crippen LogP contribution in [0.5, 0.6) is 0 Å². The third-order valence-electron chi connectivity index (χ3n) is 11.6. The highest BCUT2D eigenvalue weighted by Gasteiger charge is 2.84. The van der Waals surface area contributed by atoms with Gasteiger partial charge in [0.2, 0.25) is 0 Å². The second-order valence-electron chi connectivity index (χ2n) is 14.1. The van der Waals surface area contributed by atoms with Crippen LogP contribution in [0.15, 0.2) is 11.6 Å². The van der Waals surface area contributed by atoms with Gasteiger partial charge < -0.3 is 33.6 Å². The van der Waals surface area contributed by atoms with E-state index >= 15 is 0 Å². The number of hydrogen-bond acceptors (Lipinski definition) is 7. The molecular weight excluding hydrogens is 512 g/mol. The molecule has 3 saturated carbocycles. The molecule has 12 atom stereocenters. The molecule has 4 bridgehead atoms. The number of aldehydes is 1. The Morgan fingerprint density at radius 3 is 2.58 bits per heavy atom. The minimum absolute atomic E-state index is 0.00670.